The Balaban J connectivity index is 2.34. The molecule has 2 amide bonds. The van der Waals surface area contributed by atoms with Crippen LogP contribution in [0.2, 0.25) is 0 Å². The van der Waals surface area contributed by atoms with E-state index in [-0.39, 0.29) is 6.03 Å². The molecule has 1 fully saturated rings. The first-order chi connectivity index (χ1) is 6.65. The zero-order valence-electron chi connectivity index (χ0n) is 9.55. The summed E-state index contributed by atoms with van der Waals surface area (Å²) in [5, 5.41) is 2.88. The van der Waals surface area contributed by atoms with Gasteiger partial charge in [-0.15, -0.1) is 0 Å². The summed E-state index contributed by atoms with van der Waals surface area (Å²) in [6.45, 7) is 7.99. The quantitative estimate of drug-likeness (QED) is 0.722. The molecule has 0 atom stereocenters. The SMILES string of the molecule is CCNC(=O)N(CCC(C)C)C1CC1. The van der Waals surface area contributed by atoms with E-state index >= 15 is 0 Å². The molecule has 0 unspecified atom stereocenters. The molecule has 0 saturated heterocycles. The van der Waals surface area contributed by atoms with Crippen molar-refractivity contribution < 1.29 is 4.79 Å². The van der Waals surface area contributed by atoms with Gasteiger partial charge in [-0.3, -0.25) is 0 Å². The average molecular weight is 198 g/mol. The number of hydrogen-bond donors (Lipinski definition) is 1. The third kappa shape index (κ3) is 3.56. The molecule has 1 aliphatic carbocycles. The van der Waals surface area contributed by atoms with E-state index in [2.05, 4.69) is 19.2 Å². The second-order valence-electron chi connectivity index (χ2n) is 4.44. The molecule has 0 aromatic rings. The van der Waals surface area contributed by atoms with Crippen LogP contribution >= 0.6 is 0 Å². The second-order valence-corrected chi connectivity index (χ2v) is 4.44. The van der Waals surface area contributed by atoms with Crippen LogP contribution in [0.4, 0.5) is 4.79 Å². The maximum atomic E-state index is 11.7. The fourth-order valence-electron chi connectivity index (χ4n) is 1.49. The molecule has 1 saturated carbocycles. The third-order valence-corrected chi connectivity index (χ3v) is 2.52. The molecule has 82 valence electrons. The number of hydrogen-bond acceptors (Lipinski definition) is 1. The van der Waals surface area contributed by atoms with E-state index in [1.54, 1.807) is 0 Å². The second kappa shape index (κ2) is 5.23. The van der Waals surface area contributed by atoms with Crippen molar-refractivity contribution in [2.24, 2.45) is 5.92 Å². The highest BCUT2D eigenvalue weighted by atomic mass is 16.2. The van der Waals surface area contributed by atoms with E-state index in [1.807, 2.05) is 11.8 Å². The van der Waals surface area contributed by atoms with Gasteiger partial charge >= 0.3 is 6.03 Å². The first-order valence-electron chi connectivity index (χ1n) is 5.69. The topological polar surface area (TPSA) is 32.3 Å². The predicted octanol–water partition coefficient (Wildman–Crippen LogP) is 2.23. The number of rotatable bonds is 5. The molecule has 0 aromatic carbocycles. The molecule has 0 bridgehead atoms. The van der Waals surface area contributed by atoms with Gasteiger partial charge in [-0.05, 0) is 32.1 Å². The van der Waals surface area contributed by atoms with Gasteiger partial charge in [-0.25, -0.2) is 4.79 Å². The number of nitrogens with one attached hydrogen (secondary N) is 1. The van der Waals surface area contributed by atoms with Crippen molar-refractivity contribution in [1.29, 1.82) is 0 Å². The first-order valence-corrected chi connectivity index (χ1v) is 5.69. The molecule has 3 heteroatoms. The fraction of sp³-hybridized carbons (Fsp3) is 0.909. The van der Waals surface area contributed by atoms with Crippen LogP contribution in [0, 0.1) is 5.92 Å². The van der Waals surface area contributed by atoms with Crippen molar-refractivity contribution in [2.45, 2.75) is 46.1 Å². The van der Waals surface area contributed by atoms with Gasteiger partial charge in [0.25, 0.3) is 0 Å². The van der Waals surface area contributed by atoms with Crippen molar-refractivity contribution in [3.63, 3.8) is 0 Å². The Bertz CT molecular complexity index is 188. The number of carbonyl (C=O) groups excluding carboxylic acids is 1. The minimum atomic E-state index is 0.121. The Morgan fingerprint density at radius 3 is 2.57 bits per heavy atom. The molecule has 1 aliphatic rings. The van der Waals surface area contributed by atoms with Gasteiger partial charge in [0.1, 0.15) is 0 Å². The minimum Gasteiger partial charge on any atom is -0.338 e. The van der Waals surface area contributed by atoms with E-state index in [1.165, 1.54) is 12.8 Å². The molecule has 1 rings (SSSR count). The molecule has 3 nitrogen and oxygen atoms in total. The number of carbonyl (C=O) groups is 1. The lowest BCUT2D eigenvalue weighted by atomic mass is 10.1. The van der Waals surface area contributed by atoms with Gasteiger partial charge in [-0.2, -0.15) is 0 Å². The third-order valence-electron chi connectivity index (χ3n) is 2.52. The van der Waals surface area contributed by atoms with Crippen LogP contribution in [-0.4, -0.2) is 30.1 Å². The van der Waals surface area contributed by atoms with Crippen LogP contribution < -0.4 is 5.32 Å². The highest BCUT2D eigenvalue weighted by Crippen LogP contribution is 2.27. The lowest BCUT2D eigenvalue weighted by molar-refractivity contribution is 0.192. The average Bonchev–Trinajstić information content (AvgIpc) is 2.88. The maximum absolute atomic E-state index is 11.7. The monoisotopic (exact) mass is 198 g/mol. The lowest BCUT2D eigenvalue weighted by Gasteiger charge is -2.23. The van der Waals surface area contributed by atoms with Gasteiger partial charge in [0.05, 0.1) is 0 Å². The van der Waals surface area contributed by atoms with Crippen LogP contribution in [0.15, 0.2) is 0 Å². The van der Waals surface area contributed by atoms with Crippen LogP contribution in [0.25, 0.3) is 0 Å². The van der Waals surface area contributed by atoms with E-state index in [9.17, 15) is 4.79 Å². The van der Waals surface area contributed by atoms with Crippen molar-refractivity contribution >= 4 is 6.03 Å². The molecule has 0 aromatic heterocycles. The van der Waals surface area contributed by atoms with E-state index < -0.39 is 0 Å². The Labute approximate surface area is 86.9 Å². The van der Waals surface area contributed by atoms with Gasteiger partial charge in [0.2, 0.25) is 0 Å². The summed E-state index contributed by atoms with van der Waals surface area (Å²) in [7, 11) is 0. The minimum absolute atomic E-state index is 0.121. The number of urea groups is 1. The van der Waals surface area contributed by atoms with Gasteiger partial charge in [0, 0.05) is 19.1 Å². The van der Waals surface area contributed by atoms with Crippen molar-refractivity contribution in [2.75, 3.05) is 13.1 Å². The Morgan fingerprint density at radius 1 is 1.50 bits per heavy atom. The molecule has 14 heavy (non-hydrogen) atoms. The summed E-state index contributed by atoms with van der Waals surface area (Å²) in [5.41, 5.74) is 0. The smallest absolute Gasteiger partial charge is 0.317 e. The first kappa shape index (κ1) is 11.3. The number of nitrogens with zero attached hydrogens (tertiary/aromatic N) is 1. The maximum Gasteiger partial charge on any atom is 0.317 e. The lowest BCUT2D eigenvalue weighted by Crippen LogP contribution is -2.42. The van der Waals surface area contributed by atoms with Gasteiger partial charge < -0.3 is 10.2 Å². The summed E-state index contributed by atoms with van der Waals surface area (Å²) in [6, 6.07) is 0.649. The van der Waals surface area contributed by atoms with Gasteiger partial charge in [-0.1, -0.05) is 13.8 Å². The standard InChI is InChI=1S/C11H22N2O/c1-4-12-11(14)13(10-5-6-10)8-7-9(2)3/h9-10H,4-8H2,1-3H3,(H,12,14). The Kier molecular flexibility index (Phi) is 4.23. The molecule has 0 radical (unpaired) electrons. The zero-order chi connectivity index (χ0) is 10.6. The highest BCUT2D eigenvalue weighted by Gasteiger charge is 2.31. The molecule has 0 spiro atoms. The predicted molar refractivity (Wildman–Crippen MR) is 58.3 cm³/mol. The van der Waals surface area contributed by atoms with Crippen molar-refractivity contribution in [3.05, 3.63) is 0 Å². The van der Waals surface area contributed by atoms with Crippen LogP contribution in [-0.2, 0) is 0 Å². The van der Waals surface area contributed by atoms with Crippen molar-refractivity contribution in [1.82, 2.24) is 10.2 Å². The van der Waals surface area contributed by atoms with E-state index in [4.69, 9.17) is 0 Å². The number of amides is 2. The molecular weight excluding hydrogens is 176 g/mol. The molecule has 1 N–H and O–H groups in total. The molecular formula is C11H22N2O. The van der Waals surface area contributed by atoms with E-state index in [0.717, 1.165) is 19.5 Å². The summed E-state index contributed by atoms with van der Waals surface area (Å²) >= 11 is 0. The summed E-state index contributed by atoms with van der Waals surface area (Å²) < 4.78 is 0. The highest BCUT2D eigenvalue weighted by molar-refractivity contribution is 5.74. The molecule has 0 heterocycles. The normalized spacial score (nSPS) is 15.7. The summed E-state index contributed by atoms with van der Waals surface area (Å²) in [6.07, 6.45) is 3.48. The van der Waals surface area contributed by atoms with Crippen LogP contribution in [0.1, 0.15) is 40.0 Å². The van der Waals surface area contributed by atoms with Crippen molar-refractivity contribution in [3.8, 4) is 0 Å². The largest absolute Gasteiger partial charge is 0.338 e. The van der Waals surface area contributed by atoms with Crippen LogP contribution in [0.5, 0.6) is 0 Å². The summed E-state index contributed by atoms with van der Waals surface area (Å²) in [4.78, 5) is 13.7. The summed E-state index contributed by atoms with van der Waals surface area (Å²) in [5.74, 6) is 0.672. The zero-order valence-corrected chi connectivity index (χ0v) is 9.55. The van der Waals surface area contributed by atoms with E-state index in [0.29, 0.717) is 12.0 Å². The Hall–Kier alpha value is -0.730. The Morgan fingerprint density at radius 2 is 2.14 bits per heavy atom. The fourth-order valence-corrected chi connectivity index (χ4v) is 1.49. The van der Waals surface area contributed by atoms with Crippen LogP contribution in [0.3, 0.4) is 0 Å². The van der Waals surface area contributed by atoms with Gasteiger partial charge in [0.15, 0.2) is 0 Å². The molecule has 0 aliphatic heterocycles.